The van der Waals surface area contributed by atoms with Crippen LogP contribution in [0.5, 0.6) is 11.5 Å². The summed E-state index contributed by atoms with van der Waals surface area (Å²) in [4.78, 5) is 33.8. The first-order valence-electron chi connectivity index (χ1n) is 13.1. The third-order valence-corrected chi connectivity index (χ3v) is 7.53. The molecule has 2 aromatic carbocycles. The molecule has 0 fully saturated rings. The van der Waals surface area contributed by atoms with Crippen LogP contribution in [0, 0.1) is 12.7 Å². The van der Waals surface area contributed by atoms with Gasteiger partial charge in [0.1, 0.15) is 47.2 Å². The number of nitrogens with one attached hydrogen (secondary N) is 1. The van der Waals surface area contributed by atoms with Gasteiger partial charge < -0.3 is 25.6 Å². The SMILES string of the molecule is COc1cc(C(=O)NC[C@](O)(c2cc3c(c(-c4ccc(F)cc4)n2)OC[C@]3(CF)C(N)=O)C(F)(F)F)cc2cc(C)cnc12. The number of methoxy groups -OCH3 is 1. The molecule has 1 aliphatic rings. The van der Waals surface area contributed by atoms with Crippen LogP contribution >= 0.6 is 0 Å². The second-order valence-electron chi connectivity index (χ2n) is 10.4. The maximum Gasteiger partial charge on any atom is 0.424 e. The summed E-state index contributed by atoms with van der Waals surface area (Å²) in [6, 6.07) is 9.46. The van der Waals surface area contributed by atoms with E-state index in [1.807, 2.05) is 0 Å². The number of fused-ring (bicyclic) bond motifs is 2. The Balaban J connectivity index is 1.61. The molecular formula is C30H25F5N4O5. The number of nitrogens with zero attached hydrogens (tertiary/aromatic N) is 2. The van der Waals surface area contributed by atoms with Crippen molar-refractivity contribution in [2.45, 2.75) is 24.1 Å². The molecule has 14 heteroatoms. The van der Waals surface area contributed by atoms with E-state index in [-0.39, 0.29) is 33.9 Å². The highest BCUT2D eigenvalue weighted by molar-refractivity contribution is 6.00. The Kier molecular flexibility index (Phi) is 7.66. The number of halogens is 5. The van der Waals surface area contributed by atoms with E-state index in [1.54, 1.807) is 19.2 Å². The molecule has 4 aromatic rings. The minimum absolute atomic E-state index is 0.0457. The number of benzene rings is 2. The molecule has 5 rings (SSSR count). The van der Waals surface area contributed by atoms with Crippen LogP contribution in [-0.4, -0.2) is 60.0 Å². The Morgan fingerprint density at radius 1 is 1.16 bits per heavy atom. The van der Waals surface area contributed by atoms with Crippen molar-refractivity contribution in [1.29, 1.82) is 0 Å². The Morgan fingerprint density at radius 3 is 2.48 bits per heavy atom. The van der Waals surface area contributed by atoms with Gasteiger partial charge in [0, 0.05) is 28.3 Å². The Hall–Kier alpha value is -4.85. The first-order valence-corrected chi connectivity index (χ1v) is 13.1. The number of aryl methyl sites for hydroxylation is 1. The van der Waals surface area contributed by atoms with Crippen LogP contribution in [0.15, 0.2) is 54.7 Å². The predicted octanol–water partition coefficient (Wildman–Crippen LogP) is 4.02. The van der Waals surface area contributed by atoms with Crippen LogP contribution in [0.2, 0.25) is 0 Å². The average molecular weight is 617 g/mol. The zero-order valence-corrected chi connectivity index (χ0v) is 23.3. The van der Waals surface area contributed by atoms with Crippen molar-refractivity contribution in [3.05, 3.63) is 82.9 Å². The number of aliphatic hydroxyl groups is 1. The van der Waals surface area contributed by atoms with E-state index in [0.717, 1.165) is 17.7 Å². The minimum atomic E-state index is -5.45. The molecule has 0 saturated heterocycles. The third kappa shape index (κ3) is 5.04. The molecule has 0 unspecified atom stereocenters. The molecule has 0 spiro atoms. The van der Waals surface area contributed by atoms with E-state index in [4.69, 9.17) is 15.2 Å². The average Bonchev–Trinajstić information content (AvgIpc) is 3.38. The molecule has 1 aliphatic heterocycles. The van der Waals surface area contributed by atoms with Crippen LogP contribution in [0.25, 0.3) is 22.2 Å². The number of pyridine rings is 2. The van der Waals surface area contributed by atoms with Crippen molar-refractivity contribution < 1.29 is 46.1 Å². The Labute approximate surface area is 246 Å². The van der Waals surface area contributed by atoms with E-state index in [2.05, 4.69) is 15.3 Å². The first kappa shape index (κ1) is 30.6. The smallest absolute Gasteiger partial charge is 0.424 e. The topological polar surface area (TPSA) is 137 Å². The van der Waals surface area contributed by atoms with Gasteiger partial charge in [-0.15, -0.1) is 0 Å². The molecule has 2 atom stereocenters. The highest BCUT2D eigenvalue weighted by atomic mass is 19.4. The minimum Gasteiger partial charge on any atom is -0.494 e. The molecule has 2 aromatic heterocycles. The number of primary amides is 1. The van der Waals surface area contributed by atoms with Gasteiger partial charge in [-0.05, 0) is 61.0 Å². The lowest BCUT2D eigenvalue weighted by molar-refractivity contribution is -0.265. The molecule has 2 amide bonds. The molecule has 0 bridgehead atoms. The van der Waals surface area contributed by atoms with Gasteiger partial charge in [0.2, 0.25) is 11.5 Å². The maximum absolute atomic E-state index is 14.7. The standard InChI is InChI=1S/C30H25F5N4O5/c1-15-7-17-8-18(9-21(43-2)23(17)37-11-15)26(40)38-13-29(42,30(33,34)35)22-10-20-25(44-14-28(20,12-31)27(36)41)24(39-22)16-3-5-19(32)6-4-16/h3-11,42H,12-14H2,1-2H3,(H2,36,41)(H,38,40)/t28-,29-/m0/s1. The van der Waals surface area contributed by atoms with Gasteiger partial charge in [-0.2, -0.15) is 13.2 Å². The molecule has 0 aliphatic carbocycles. The molecule has 0 radical (unpaired) electrons. The number of carbonyl (C=O) groups excluding carboxylic acids is 2. The predicted molar refractivity (Wildman–Crippen MR) is 147 cm³/mol. The van der Waals surface area contributed by atoms with Crippen LogP contribution in [-0.2, 0) is 15.8 Å². The fourth-order valence-electron chi connectivity index (χ4n) is 4.96. The van der Waals surface area contributed by atoms with Gasteiger partial charge in [-0.25, -0.2) is 13.8 Å². The van der Waals surface area contributed by atoms with Crippen LogP contribution in [0.1, 0.15) is 27.2 Å². The summed E-state index contributed by atoms with van der Waals surface area (Å²) in [6.45, 7) is -1.75. The molecule has 0 saturated carbocycles. The third-order valence-electron chi connectivity index (χ3n) is 7.53. The highest BCUT2D eigenvalue weighted by Crippen LogP contribution is 2.48. The number of rotatable bonds is 8. The second-order valence-corrected chi connectivity index (χ2v) is 10.4. The normalized spacial score (nSPS) is 17.5. The van der Waals surface area contributed by atoms with Gasteiger partial charge >= 0.3 is 6.18 Å². The van der Waals surface area contributed by atoms with Crippen LogP contribution < -0.4 is 20.5 Å². The summed E-state index contributed by atoms with van der Waals surface area (Å²) >= 11 is 0. The highest BCUT2D eigenvalue weighted by Gasteiger charge is 2.58. The van der Waals surface area contributed by atoms with E-state index in [1.165, 1.54) is 31.4 Å². The zero-order valence-electron chi connectivity index (χ0n) is 23.3. The quantitative estimate of drug-likeness (QED) is 0.255. The number of alkyl halides is 4. The monoisotopic (exact) mass is 616 g/mol. The molecule has 44 heavy (non-hydrogen) atoms. The first-order chi connectivity index (χ1) is 20.7. The number of nitrogens with two attached hydrogens (primary N) is 1. The van der Waals surface area contributed by atoms with E-state index >= 15 is 0 Å². The molecule has 230 valence electrons. The van der Waals surface area contributed by atoms with Crippen LogP contribution in [0.4, 0.5) is 22.0 Å². The van der Waals surface area contributed by atoms with E-state index in [9.17, 15) is 36.6 Å². The lowest BCUT2D eigenvalue weighted by atomic mass is 9.81. The van der Waals surface area contributed by atoms with Crippen molar-refractivity contribution in [1.82, 2.24) is 15.3 Å². The summed E-state index contributed by atoms with van der Waals surface area (Å²) in [5.74, 6) is -2.94. The summed E-state index contributed by atoms with van der Waals surface area (Å²) in [5.41, 5.74) is -1.23. The number of hydrogen-bond donors (Lipinski definition) is 3. The van der Waals surface area contributed by atoms with Gasteiger partial charge in [0.25, 0.3) is 5.91 Å². The van der Waals surface area contributed by atoms with Gasteiger partial charge in [0.15, 0.2) is 0 Å². The number of amides is 2. The Morgan fingerprint density at radius 2 is 1.86 bits per heavy atom. The molecule has 4 N–H and O–H groups in total. The summed E-state index contributed by atoms with van der Waals surface area (Å²) in [6.07, 6.45) is -3.87. The maximum atomic E-state index is 14.7. The van der Waals surface area contributed by atoms with Gasteiger partial charge in [0.05, 0.1) is 19.3 Å². The largest absolute Gasteiger partial charge is 0.494 e. The Bertz CT molecular complexity index is 1780. The zero-order chi connectivity index (χ0) is 32.0. The number of hydrogen-bond acceptors (Lipinski definition) is 7. The van der Waals surface area contributed by atoms with Crippen molar-refractivity contribution in [2.24, 2.45) is 5.73 Å². The number of ether oxygens (including phenoxy) is 2. The van der Waals surface area contributed by atoms with Crippen molar-refractivity contribution in [3.63, 3.8) is 0 Å². The van der Waals surface area contributed by atoms with E-state index in [0.29, 0.717) is 17.0 Å². The van der Waals surface area contributed by atoms with Crippen molar-refractivity contribution >= 4 is 22.7 Å². The van der Waals surface area contributed by atoms with E-state index < -0.39 is 60.3 Å². The molecule has 9 nitrogen and oxygen atoms in total. The van der Waals surface area contributed by atoms with Crippen molar-refractivity contribution in [3.8, 4) is 22.8 Å². The van der Waals surface area contributed by atoms with Crippen LogP contribution in [0.3, 0.4) is 0 Å². The lowest BCUT2D eigenvalue weighted by Crippen LogP contribution is -2.52. The summed E-state index contributed by atoms with van der Waals surface area (Å²) in [7, 11) is 1.34. The van der Waals surface area contributed by atoms with Gasteiger partial charge in [-0.3, -0.25) is 14.6 Å². The lowest BCUT2D eigenvalue weighted by Gasteiger charge is -2.31. The molecular weight excluding hydrogens is 591 g/mol. The van der Waals surface area contributed by atoms with Crippen molar-refractivity contribution in [2.75, 3.05) is 26.9 Å². The summed E-state index contributed by atoms with van der Waals surface area (Å²) < 4.78 is 82.8. The second kappa shape index (κ2) is 11.0. The fourth-order valence-corrected chi connectivity index (χ4v) is 4.96. The number of aromatic nitrogens is 2. The molecule has 3 heterocycles. The number of carbonyl (C=O) groups is 2. The van der Waals surface area contributed by atoms with Gasteiger partial charge in [-0.1, -0.05) is 0 Å². The fraction of sp³-hybridized carbons (Fsp3) is 0.267. The summed E-state index contributed by atoms with van der Waals surface area (Å²) in [5, 5.41) is 13.8.